The van der Waals surface area contributed by atoms with E-state index in [9.17, 15) is 9.90 Å². The van der Waals surface area contributed by atoms with Crippen molar-refractivity contribution in [3.63, 3.8) is 0 Å². The second-order valence-corrected chi connectivity index (χ2v) is 5.13. The van der Waals surface area contributed by atoms with Crippen LogP contribution in [0.5, 0.6) is 0 Å². The van der Waals surface area contributed by atoms with Crippen molar-refractivity contribution < 1.29 is 28.2 Å². The summed E-state index contributed by atoms with van der Waals surface area (Å²) in [6.07, 6.45) is 5.61. The van der Waals surface area contributed by atoms with Crippen molar-refractivity contribution in [1.82, 2.24) is 0 Å². The molecule has 0 aliphatic heterocycles. The molecule has 0 spiro atoms. The third-order valence-electron chi connectivity index (χ3n) is 1.48. The van der Waals surface area contributed by atoms with Crippen molar-refractivity contribution in [2.24, 2.45) is 0 Å². The van der Waals surface area contributed by atoms with E-state index in [4.69, 9.17) is 0 Å². The number of hydrogen-bond donors (Lipinski definition) is 0. The third-order valence-corrected chi connectivity index (χ3v) is 1.48. The summed E-state index contributed by atoms with van der Waals surface area (Å²) in [5.41, 5.74) is 0. The second kappa shape index (κ2) is 14.6. The first kappa shape index (κ1) is 15.6. The van der Waals surface area contributed by atoms with Gasteiger partial charge < -0.3 is 9.90 Å². The van der Waals surface area contributed by atoms with E-state index in [1.807, 2.05) is 0 Å². The van der Waals surface area contributed by atoms with Gasteiger partial charge in [0.05, 0.1) is 0 Å². The van der Waals surface area contributed by atoms with E-state index in [1.54, 1.807) is 0 Å². The molecule has 0 fully saturated rings. The van der Waals surface area contributed by atoms with Gasteiger partial charge in [-0.25, -0.2) is 0 Å². The topological polar surface area (TPSA) is 40.1 Å². The maximum atomic E-state index is 9.92. The number of carbonyl (C=O) groups excluding carboxylic acids is 1. The van der Waals surface area contributed by atoms with E-state index in [0.717, 1.165) is 19.3 Å². The van der Waals surface area contributed by atoms with E-state index in [-0.39, 0.29) is 6.42 Å². The van der Waals surface area contributed by atoms with Crippen molar-refractivity contribution in [1.29, 1.82) is 0 Å². The van der Waals surface area contributed by atoms with Gasteiger partial charge in [-0.3, -0.25) is 0 Å². The first-order valence-electron chi connectivity index (χ1n) is 5.18. The molecule has 0 unspecified atom stereocenters. The summed E-state index contributed by atoms with van der Waals surface area (Å²) in [6, 6.07) is 0. The molecule has 0 aromatic heterocycles. The van der Waals surface area contributed by atoms with Crippen LogP contribution in [0.2, 0.25) is 5.02 Å². The zero-order chi connectivity index (χ0) is 10.5. The minimum absolute atomic E-state index is 0.226. The molecule has 0 rings (SSSR count). The van der Waals surface area contributed by atoms with Gasteiger partial charge in [0.25, 0.3) is 0 Å². The predicted molar refractivity (Wildman–Crippen MR) is 48.9 cm³/mol. The first-order valence-corrected chi connectivity index (χ1v) is 7.27. The molecule has 0 atom stereocenters. The summed E-state index contributed by atoms with van der Waals surface area (Å²) in [5.74, 6) is -0.920. The molecular formula is C10H20O2Zn. The Bertz CT molecular complexity index is 105. The van der Waals surface area contributed by atoms with Gasteiger partial charge in [-0.15, -0.1) is 0 Å². The summed E-state index contributed by atoms with van der Waals surface area (Å²) < 4.78 is 0. The van der Waals surface area contributed by atoms with Crippen LogP contribution in [0.1, 0.15) is 52.4 Å². The quantitative estimate of drug-likeness (QED) is 0.524. The van der Waals surface area contributed by atoms with Gasteiger partial charge in [0.1, 0.15) is 0 Å². The van der Waals surface area contributed by atoms with E-state index in [1.165, 1.54) is 36.2 Å². The predicted octanol–water partition coefficient (Wildman–Crippen LogP) is 2.07. The Labute approximate surface area is 91.8 Å². The van der Waals surface area contributed by atoms with E-state index >= 15 is 0 Å². The SMILES string of the molecule is CCCCCCCC(=O)[O-].C[CH2][Zn+]. The Morgan fingerprint density at radius 3 is 2.00 bits per heavy atom. The number of rotatable bonds is 6. The fraction of sp³-hybridized carbons (Fsp3) is 0.900. The molecule has 0 N–H and O–H groups in total. The number of hydrogen-bond acceptors (Lipinski definition) is 2. The molecule has 0 bridgehead atoms. The zero-order valence-electron chi connectivity index (χ0n) is 8.97. The maximum absolute atomic E-state index is 9.92. The van der Waals surface area contributed by atoms with Gasteiger partial charge in [-0.05, 0) is 12.8 Å². The van der Waals surface area contributed by atoms with Crippen molar-refractivity contribution in [2.45, 2.75) is 57.4 Å². The minimum atomic E-state index is -0.920. The van der Waals surface area contributed by atoms with Gasteiger partial charge in [0.2, 0.25) is 0 Å². The Balaban J connectivity index is 0. The van der Waals surface area contributed by atoms with Crippen LogP contribution < -0.4 is 5.11 Å². The summed E-state index contributed by atoms with van der Waals surface area (Å²) in [4.78, 5) is 9.92. The number of carboxylic acids is 1. The van der Waals surface area contributed by atoms with Gasteiger partial charge >= 0.3 is 30.2 Å². The average molecular weight is 238 g/mol. The Morgan fingerprint density at radius 1 is 1.15 bits per heavy atom. The molecule has 13 heavy (non-hydrogen) atoms. The van der Waals surface area contributed by atoms with Crippen LogP contribution in [0.4, 0.5) is 0 Å². The average Bonchev–Trinajstić information content (AvgIpc) is 2.05. The fourth-order valence-corrected chi connectivity index (χ4v) is 0.873. The molecule has 0 aromatic rings. The zero-order valence-corrected chi connectivity index (χ0v) is 11.9. The first-order chi connectivity index (χ1) is 6.18. The summed E-state index contributed by atoms with van der Waals surface area (Å²) in [5, 5.41) is 11.3. The van der Waals surface area contributed by atoms with E-state index in [2.05, 4.69) is 13.8 Å². The molecule has 0 saturated carbocycles. The normalized spacial score (nSPS) is 8.92. The third kappa shape index (κ3) is 24.5. The standard InChI is InChI=1S/C8H16O2.C2H5.Zn/c1-2-3-4-5-6-7-8(9)10;1-2;/h2-7H2,1H3,(H,9,10);1H2,2H3;/q;;+1/p-1. The molecule has 0 aromatic carbocycles. The molecule has 0 amide bonds. The van der Waals surface area contributed by atoms with Crippen LogP contribution in [0.3, 0.4) is 0 Å². The summed E-state index contributed by atoms with van der Waals surface area (Å²) >= 11 is 1.44. The molecule has 0 aliphatic carbocycles. The summed E-state index contributed by atoms with van der Waals surface area (Å²) in [6.45, 7) is 4.32. The van der Waals surface area contributed by atoms with Crippen LogP contribution in [-0.4, -0.2) is 5.97 Å². The van der Waals surface area contributed by atoms with Crippen LogP contribution >= 0.6 is 0 Å². The number of carbonyl (C=O) groups is 1. The second-order valence-electron chi connectivity index (χ2n) is 3.04. The van der Waals surface area contributed by atoms with Crippen molar-refractivity contribution in [2.75, 3.05) is 0 Å². The van der Waals surface area contributed by atoms with Crippen LogP contribution in [0.25, 0.3) is 0 Å². The fourth-order valence-electron chi connectivity index (χ4n) is 0.873. The number of carboxylic acid groups (broad SMARTS) is 1. The van der Waals surface area contributed by atoms with Crippen molar-refractivity contribution in [3.05, 3.63) is 0 Å². The Morgan fingerprint density at radius 2 is 1.62 bits per heavy atom. The van der Waals surface area contributed by atoms with Crippen LogP contribution in [0, 0.1) is 0 Å². The molecule has 3 heteroatoms. The van der Waals surface area contributed by atoms with Crippen LogP contribution in [-0.2, 0) is 23.1 Å². The Hall–Kier alpha value is 0.0934. The molecule has 2 nitrogen and oxygen atoms in total. The van der Waals surface area contributed by atoms with E-state index < -0.39 is 5.97 Å². The monoisotopic (exact) mass is 236 g/mol. The van der Waals surface area contributed by atoms with Gasteiger partial charge in [-0.1, -0.05) is 32.6 Å². The number of unbranched alkanes of at least 4 members (excludes halogenated alkanes) is 4. The van der Waals surface area contributed by atoms with Gasteiger partial charge in [-0.2, -0.15) is 0 Å². The molecular weight excluding hydrogens is 217 g/mol. The number of aliphatic carboxylic acids is 1. The van der Waals surface area contributed by atoms with Crippen molar-refractivity contribution in [3.8, 4) is 0 Å². The van der Waals surface area contributed by atoms with E-state index in [0.29, 0.717) is 0 Å². The van der Waals surface area contributed by atoms with Crippen LogP contribution in [0.15, 0.2) is 0 Å². The summed E-state index contributed by atoms with van der Waals surface area (Å²) in [7, 11) is 0. The van der Waals surface area contributed by atoms with Crippen molar-refractivity contribution >= 4 is 5.97 Å². The molecule has 74 valence electrons. The Kier molecular flexibility index (Phi) is 17.5. The molecule has 0 aliphatic rings. The van der Waals surface area contributed by atoms with Gasteiger partial charge in [0, 0.05) is 5.97 Å². The molecule has 0 radical (unpaired) electrons. The van der Waals surface area contributed by atoms with Gasteiger partial charge in [0.15, 0.2) is 0 Å². The molecule has 0 saturated heterocycles. The molecule has 0 heterocycles.